The maximum atomic E-state index is 8.87. The van der Waals surface area contributed by atoms with Gasteiger partial charge in [-0.2, -0.15) is 5.26 Å². The van der Waals surface area contributed by atoms with Gasteiger partial charge in [-0.15, -0.1) is 0 Å². The zero-order valence-electron chi connectivity index (χ0n) is 12.5. The summed E-state index contributed by atoms with van der Waals surface area (Å²) >= 11 is 0. The Morgan fingerprint density at radius 3 is 2.64 bits per heavy atom. The molecule has 112 valence electrons. The van der Waals surface area contributed by atoms with Crippen LogP contribution in [-0.4, -0.2) is 13.2 Å². The quantitative estimate of drug-likeness (QED) is 0.933. The van der Waals surface area contributed by atoms with Crippen LogP contribution in [0.25, 0.3) is 0 Å². The fourth-order valence-electron chi connectivity index (χ4n) is 2.47. The van der Waals surface area contributed by atoms with E-state index in [0.717, 1.165) is 29.2 Å². The van der Waals surface area contributed by atoms with Crippen molar-refractivity contribution < 1.29 is 9.47 Å². The topological polar surface area (TPSA) is 54.3 Å². The molecule has 22 heavy (non-hydrogen) atoms. The number of nitrogens with one attached hydrogen (secondary N) is 1. The Kier molecular flexibility index (Phi) is 4.15. The van der Waals surface area contributed by atoms with Gasteiger partial charge >= 0.3 is 0 Å². The Balaban J connectivity index is 1.81. The Labute approximate surface area is 130 Å². The number of hydrogen-bond donors (Lipinski definition) is 1. The summed E-state index contributed by atoms with van der Waals surface area (Å²) in [4.78, 5) is 0. The largest absolute Gasteiger partial charge is 0.489 e. The molecule has 3 rings (SSSR count). The SMILES string of the molecule is CC(Nc1cccc2c1OCCCO2)c1ccc(C#N)cc1. The fraction of sp³-hybridized carbons (Fsp3) is 0.278. The van der Waals surface area contributed by atoms with E-state index in [4.69, 9.17) is 14.7 Å². The molecule has 1 N–H and O–H groups in total. The van der Waals surface area contributed by atoms with Gasteiger partial charge in [0.2, 0.25) is 0 Å². The van der Waals surface area contributed by atoms with Crippen LogP contribution in [0.1, 0.15) is 30.5 Å². The van der Waals surface area contributed by atoms with Gasteiger partial charge in [0.25, 0.3) is 0 Å². The van der Waals surface area contributed by atoms with Gasteiger partial charge in [-0.05, 0) is 36.8 Å². The summed E-state index contributed by atoms with van der Waals surface area (Å²) < 4.78 is 11.5. The minimum atomic E-state index is 0.103. The number of nitriles is 1. The third-order valence-electron chi connectivity index (χ3n) is 3.68. The first-order valence-electron chi connectivity index (χ1n) is 7.43. The molecule has 0 amide bonds. The van der Waals surface area contributed by atoms with Crippen molar-refractivity contribution >= 4 is 5.69 Å². The van der Waals surface area contributed by atoms with E-state index >= 15 is 0 Å². The second-order valence-corrected chi connectivity index (χ2v) is 5.28. The molecular formula is C18H18N2O2. The average molecular weight is 294 g/mol. The number of hydrogen-bond acceptors (Lipinski definition) is 4. The number of benzene rings is 2. The standard InChI is InChI=1S/C18H18N2O2/c1-13(15-8-6-14(12-19)7-9-15)20-16-4-2-5-17-18(16)22-11-3-10-21-17/h2,4-9,13,20H,3,10-11H2,1H3. The molecule has 0 bridgehead atoms. The fourth-order valence-corrected chi connectivity index (χ4v) is 2.47. The first-order chi connectivity index (χ1) is 10.8. The molecule has 1 aliphatic heterocycles. The number of ether oxygens (including phenoxy) is 2. The minimum absolute atomic E-state index is 0.103. The zero-order valence-corrected chi connectivity index (χ0v) is 12.5. The molecule has 1 atom stereocenters. The molecule has 1 unspecified atom stereocenters. The number of para-hydroxylation sites is 1. The van der Waals surface area contributed by atoms with Crippen LogP contribution in [0.4, 0.5) is 5.69 Å². The molecule has 0 saturated carbocycles. The summed E-state index contributed by atoms with van der Waals surface area (Å²) in [6, 6.07) is 15.7. The van der Waals surface area contributed by atoms with Crippen molar-refractivity contribution in [2.24, 2.45) is 0 Å². The van der Waals surface area contributed by atoms with Crippen molar-refractivity contribution in [3.8, 4) is 17.6 Å². The third kappa shape index (κ3) is 2.99. The van der Waals surface area contributed by atoms with Crippen molar-refractivity contribution in [3.63, 3.8) is 0 Å². The summed E-state index contributed by atoms with van der Waals surface area (Å²) in [5, 5.41) is 12.3. The molecule has 2 aromatic carbocycles. The second-order valence-electron chi connectivity index (χ2n) is 5.28. The normalized spacial score (nSPS) is 14.5. The monoisotopic (exact) mass is 294 g/mol. The molecule has 1 aliphatic rings. The molecule has 0 aliphatic carbocycles. The van der Waals surface area contributed by atoms with Gasteiger partial charge in [0.1, 0.15) is 0 Å². The van der Waals surface area contributed by atoms with Gasteiger partial charge in [-0.25, -0.2) is 0 Å². The second kappa shape index (κ2) is 6.40. The number of nitrogens with zero attached hydrogens (tertiary/aromatic N) is 1. The summed E-state index contributed by atoms with van der Waals surface area (Å²) in [5.41, 5.74) is 2.71. The van der Waals surface area contributed by atoms with Crippen molar-refractivity contribution in [1.29, 1.82) is 5.26 Å². The summed E-state index contributed by atoms with van der Waals surface area (Å²) in [6.07, 6.45) is 0.888. The molecule has 0 aromatic heterocycles. The van der Waals surface area contributed by atoms with E-state index in [1.165, 1.54) is 0 Å². The van der Waals surface area contributed by atoms with Crippen LogP contribution in [-0.2, 0) is 0 Å². The van der Waals surface area contributed by atoms with Gasteiger partial charge in [0.05, 0.1) is 30.5 Å². The highest BCUT2D eigenvalue weighted by Gasteiger charge is 2.16. The van der Waals surface area contributed by atoms with Gasteiger partial charge in [0.15, 0.2) is 11.5 Å². The molecule has 0 radical (unpaired) electrons. The van der Waals surface area contributed by atoms with Crippen molar-refractivity contribution in [2.75, 3.05) is 18.5 Å². The lowest BCUT2D eigenvalue weighted by molar-refractivity contribution is 0.297. The van der Waals surface area contributed by atoms with Crippen LogP contribution in [0, 0.1) is 11.3 Å². The maximum Gasteiger partial charge on any atom is 0.184 e. The maximum absolute atomic E-state index is 8.87. The highest BCUT2D eigenvalue weighted by atomic mass is 16.5. The molecule has 0 spiro atoms. The van der Waals surface area contributed by atoms with Crippen molar-refractivity contribution in [1.82, 2.24) is 0 Å². The smallest absolute Gasteiger partial charge is 0.184 e. The number of anilines is 1. The highest BCUT2D eigenvalue weighted by Crippen LogP contribution is 2.38. The number of rotatable bonds is 3. The minimum Gasteiger partial charge on any atom is -0.489 e. The van der Waals surface area contributed by atoms with Gasteiger partial charge in [-0.3, -0.25) is 0 Å². The lowest BCUT2D eigenvalue weighted by atomic mass is 10.1. The summed E-state index contributed by atoms with van der Waals surface area (Å²) in [5.74, 6) is 1.56. The van der Waals surface area contributed by atoms with E-state index in [0.29, 0.717) is 18.8 Å². The molecule has 0 fully saturated rings. The van der Waals surface area contributed by atoms with E-state index in [1.54, 1.807) is 0 Å². The Morgan fingerprint density at radius 2 is 1.86 bits per heavy atom. The average Bonchev–Trinajstić information content (AvgIpc) is 2.81. The summed E-state index contributed by atoms with van der Waals surface area (Å²) in [6.45, 7) is 3.43. The van der Waals surface area contributed by atoms with Crippen LogP contribution >= 0.6 is 0 Å². The van der Waals surface area contributed by atoms with Crippen molar-refractivity contribution in [2.45, 2.75) is 19.4 Å². The van der Waals surface area contributed by atoms with Crippen molar-refractivity contribution in [3.05, 3.63) is 53.6 Å². The van der Waals surface area contributed by atoms with Gasteiger partial charge in [-0.1, -0.05) is 18.2 Å². The van der Waals surface area contributed by atoms with Gasteiger partial charge in [0, 0.05) is 12.5 Å². The molecule has 4 nitrogen and oxygen atoms in total. The lowest BCUT2D eigenvalue weighted by Crippen LogP contribution is -2.08. The van der Waals surface area contributed by atoms with E-state index < -0.39 is 0 Å². The first-order valence-corrected chi connectivity index (χ1v) is 7.43. The van der Waals surface area contributed by atoms with E-state index in [1.807, 2.05) is 42.5 Å². The third-order valence-corrected chi connectivity index (χ3v) is 3.68. The van der Waals surface area contributed by atoms with Crippen LogP contribution in [0.5, 0.6) is 11.5 Å². The molecule has 0 saturated heterocycles. The predicted molar refractivity (Wildman–Crippen MR) is 85.2 cm³/mol. The van der Waals surface area contributed by atoms with E-state index in [-0.39, 0.29) is 6.04 Å². The lowest BCUT2D eigenvalue weighted by Gasteiger charge is -2.19. The Bertz CT molecular complexity index is 689. The van der Waals surface area contributed by atoms with Crippen LogP contribution in [0.3, 0.4) is 0 Å². The van der Waals surface area contributed by atoms with E-state index in [2.05, 4.69) is 18.3 Å². The van der Waals surface area contributed by atoms with Crippen LogP contribution < -0.4 is 14.8 Å². The molecule has 1 heterocycles. The zero-order chi connectivity index (χ0) is 15.4. The molecule has 4 heteroatoms. The Hall–Kier alpha value is -2.67. The van der Waals surface area contributed by atoms with Crippen LogP contribution in [0.2, 0.25) is 0 Å². The highest BCUT2D eigenvalue weighted by molar-refractivity contribution is 5.64. The summed E-state index contributed by atoms with van der Waals surface area (Å²) in [7, 11) is 0. The van der Waals surface area contributed by atoms with Gasteiger partial charge < -0.3 is 14.8 Å². The predicted octanol–water partition coefficient (Wildman–Crippen LogP) is 3.89. The van der Waals surface area contributed by atoms with Crippen LogP contribution in [0.15, 0.2) is 42.5 Å². The molecular weight excluding hydrogens is 276 g/mol. The molecule has 2 aromatic rings. The first kappa shape index (κ1) is 14.3. The number of fused-ring (bicyclic) bond motifs is 1. The van der Waals surface area contributed by atoms with E-state index in [9.17, 15) is 0 Å². The Morgan fingerprint density at radius 1 is 1.09 bits per heavy atom.